The van der Waals surface area contributed by atoms with Crippen molar-refractivity contribution in [3.8, 4) is 11.5 Å². The van der Waals surface area contributed by atoms with Gasteiger partial charge >= 0.3 is 0 Å². The van der Waals surface area contributed by atoms with E-state index in [2.05, 4.69) is 22.2 Å². The SMILES string of the molecule is C=CCNC(=O)c1cncc(Nc2cc(OC)ccc2OC)c1. The first-order valence-electron chi connectivity index (χ1n) is 7.01. The number of rotatable bonds is 7. The van der Waals surface area contributed by atoms with Crippen LogP contribution < -0.4 is 20.1 Å². The summed E-state index contributed by atoms with van der Waals surface area (Å²) in [5.41, 5.74) is 1.85. The van der Waals surface area contributed by atoms with Crippen molar-refractivity contribution in [2.24, 2.45) is 0 Å². The minimum atomic E-state index is -0.210. The van der Waals surface area contributed by atoms with Gasteiger partial charge in [0.25, 0.3) is 5.91 Å². The highest BCUT2D eigenvalue weighted by atomic mass is 16.5. The van der Waals surface area contributed by atoms with E-state index in [1.807, 2.05) is 6.07 Å². The highest BCUT2D eigenvalue weighted by Gasteiger charge is 2.09. The number of hydrogen-bond acceptors (Lipinski definition) is 5. The summed E-state index contributed by atoms with van der Waals surface area (Å²) in [7, 11) is 3.18. The van der Waals surface area contributed by atoms with Crippen molar-refractivity contribution in [1.29, 1.82) is 0 Å². The van der Waals surface area contributed by atoms with Gasteiger partial charge in [-0.25, -0.2) is 0 Å². The normalized spacial score (nSPS) is 9.83. The lowest BCUT2D eigenvalue weighted by Crippen LogP contribution is -2.23. The second-order valence-electron chi connectivity index (χ2n) is 4.65. The van der Waals surface area contributed by atoms with E-state index >= 15 is 0 Å². The zero-order valence-corrected chi connectivity index (χ0v) is 13.1. The predicted octanol–water partition coefficient (Wildman–Crippen LogP) is 2.76. The lowest BCUT2D eigenvalue weighted by Gasteiger charge is -2.13. The van der Waals surface area contributed by atoms with Crippen LogP contribution in [0.1, 0.15) is 10.4 Å². The van der Waals surface area contributed by atoms with Crippen LogP contribution in [0.5, 0.6) is 11.5 Å². The largest absolute Gasteiger partial charge is 0.497 e. The van der Waals surface area contributed by atoms with Gasteiger partial charge in [-0.05, 0) is 18.2 Å². The third-order valence-corrected chi connectivity index (χ3v) is 3.09. The minimum absolute atomic E-state index is 0.210. The van der Waals surface area contributed by atoms with Gasteiger partial charge in [-0.15, -0.1) is 6.58 Å². The molecule has 0 aliphatic rings. The van der Waals surface area contributed by atoms with Crippen molar-refractivity contribution in [1.82, 2.24) is 10.3 Å². The molecule has 0 unspecified atom stereocenters. The molecule has 6 heteroatoms. The van der Waals surface area contributed by atoms with E-state index < -0.39 is 0 Å². The Morgan fingerprint density at radius 2 is 2.09 bits per heavy atom. The molecule has 0 bridgehead atoms. The van der Waals surface area contributed by atoms with Gasteiger partial charge in [0.15, 0.2) is 0 Å². The van der Waals surface area contributed by atoms with Gasteiger partial charge in [0.1, 0.15) is 11.5 Å². The van der Waals surface area contributed by atoms with Crippen molar-refractivity contribution in [2.75, 3.05) is 26.1 Å². The molecule has 1 amide bonds. The summed E-state index contributed by atoms with van der Waals surface area (Å²) in [6.07, 6.45) is 4.75. The third-order valence-electron chi connectivity index (χ3n) is 3.09. The molecule has 1 heterocycles. The number of carbonyl (C=O) groups excluding carboxylic acids is 1. The number of amides is 1. The van der Waals surface area contributed by atoms with Crippen LogP contribution in [0.3, 0.4) is 0 Å². The lowest BCUT2D eigenvalue weighted by atomic mass is 10.2. The van der Waals surface area contributed by atoms with Crippen LogP contribution in [0.4, 0.5) is 11.4 Å². The van der Waals surface area contributed by atoms with Gasteiger partial charge in [0.05, 0.1) is 37.4 Å². The Kier molecular flexibility index (Phi) is 5.57. The molecule has 2 N–H and O–H groups in total. The summed E-state index contributed by atoms with van der Waals surface area (Å²) < 4.78 is 10.5. The number of pyridine rings is 1. The first-order valence-corrected chi connectivity index (χ1v) is 7.01. The second-order valence-corrected chi connectivity index (χ2v) is 4.65. The fraction of sp³-hybridized carbons (Fsp3) is 0.176. The van der Waals surface area contributed by atoms with Crippen molar-refractivity contribution in [3.05, 3.63) is 54.9 Å². The number of methoxy groups -OCH3 is 2. The number of carbonyl (C=O) groups is 1. The number of ether oxygens (including phenoxy) is 2. The molecule has 0 aliphatic carbocycles. The molecule has 2 aromatic rings. The van der Waals surface area contributed by atoms with E-state index in [1.54, 1.807) is 44.7 Å². The van der Waals surface area contributed by atoms with Crippen LogP contribution in [0.15, 0.2) is 49.3 Å². The summed E-state index contributed by atoms with van der Waals surface area (Å²) in [5, 5.41) is 5.89. The first kappa shape index (κ1) is 16.4. The van der Waals surface area contributed by atoms with Crippen LogP contribution in [-0.4, -0.2) is 31.7 Å². The highest BCUT2D eigenvalue weighted by molar-refractivity contribution is 5.95. The smallest absolute Gasteiger partial charge is 0.253 e. The number of hydrogen-bond donors (Lipinski definition) is 2. The maximum absolute atomic E-state index is 12.0. The Bertz CT molecular complexity index is 701. The summed E-state index contributed by atoms with van der Waals surface area (Å²) in [5.74, 6) is 1.15. The van der Waals surface area contributed by atoms with Gasteiger partial charge in [0, 0.05) is 18.8 Å². The van der Waals surface area contributed by atoms with Crippen LogP contribution in [-0.2, 0) is 0 Å². The second kappa shape index (κ2) is 7.84. The molecule has 0 radical (unpaired) electrons. The summed E-state index contributed by atoms with van der Waals surface area (Å²) in [6.45, 7) is 3.97. The predicted molar refractivity (Wildman–Crippen MR) is 89.6 cm³/mol. The number of anilines is 2. The maximum Gasteiger partial charge on any atom is 0.253 e. The van der Waals surface area contributed by atoms with Gasteiger partial charge in [-0.3, -0.25) is 9.78 Å². The van der Waals surface area contributed by atoms with Gasteiger partial charge < -0.3 is 20.1 Å². The maximum atomic E-state index is 12.0. The van der Waals surface area contributed by atoms with Crippen LogP contribution in [0, 0.1) is 0 Å². The third kappa shape index (κ3) is 4.23. The molecular formula is C17H19N3O3. The summed E-state index contributed by atoms with van der Waals surface area (Å²) in [6, 6.07) is 7.13. The zero-order valence-electron chi connectivity index (χ0n) is 13.1. The van der Waals surface area contributed by atoms with Gasteiger partial charge in [-0.2, -0.15) is 0 Å². The highest BCUT2D eigenvalue weighted by Crippen LogP contribution is 2.31. The van der Waals surface area contributed by atoms with Crippen molar-refractivity contribution in [2.45, 2.75) is 0 Å². The number of nitrogens with one attached hydrogen (secondary N) is 2. The fourth-order valence-electron chi connectivity index (χ4n) is 1.97. The summed E-state index contributed by atoms with van der Waals surface area (Å²) >= 11 is 0. The topological polar surface area (TPSA) is 72.5 Å². The molecule has 0 spiro atoms. The van der Waals surface area contributed by atoms with Crippen LogP contribution in [0.2, 0.25) is 0 Å². The van der Waals surface area contributed by atoms with Crippen molar-refractivity contribution < 1.29 is 14.3 Å². The molecule has 120 valence electrons. The summed E-state index contributed by atoms with van der Waals surface area (Å²) in [4.78, 5) is 16.0. The number of benzene rings is 1. The Labute approximate surface area is 135 Å². The van der Waals surface area contributed by atoms with Crippen LogP contribution >= 0.6 is 0 Å². The molecule has 0 saturated carbocycles. The molecule has 6 nitrogen and oxygen atoms in total. The van der Waals surface area contributed by atoms with Crippen LogP contribution in [0.25, 0.3) is 0 Å². The fourth-order valence-corrected chi connectivity index (χ4v) is 1.97. The monoisotopic (exact) mass is 313 g/mol. The van der Waals surface area contributed by atoms with Gasteiger partial charge in [0.2, 0.25) is 0 Å². The quantitative estimate of drug-likeness (QED) is 0.769. The van der Waals surface area contributed by atoms with E-state index in [4.69, 9.17) is 9.47 Å². The first-order chi connectivity index (χ1) is 11.2. The minimum Gasteiger partial charge on any atom is -0.497 e. The van der Waals surface area contributed by atoms with E-state index in [1.165, 1.54) is 6.20 Å². The molecule has 2 rings (SSSR count). The number of aromatic nitrogens is 1. The average Bonchev–Trinajstić information content (AvgIpc) is 2.59. The van der Waals surface area contributed by atoms with E-state index in [-0.39, 0.29) is 5.91 Å². The molecule has 0 atom stereocenters. The Morgan fingerprint density at radius 3 is 2.78 bits per heavy atom. The standard InChI is InChI=1S/C17H19N3O3/c1-4-7-19-17(21)12-8-13(11-18-10-12)20-15-9-14(22-2)5-6-16(15)23-3/h4-6,8-11,20H,1,7H2,2-3H3,(H,19,21). The average molecular weight is 313 g/mol. The van der Waals surface area contributed by atoms with Crippen molar-refractivity contribution in [3.63, 3.8) is 0 Å². The van der Waals surface area contributed by atoms with Gasteiger partial charge in [-0.1, -0.05) is 6.08 Å². The molecule has 0 aliphatic heterocycles. The Morgan fingerprint density at radius 1 is 1.26 bits per heavy atom. The zero-order chi connectivity index (χ0) is 16.7. The van der Waals surface area contributed by atoms with E-state index in [0.29, 0.717) is 29.3 Å². The van der Waals surface area contributed by atoms with Crippen molar-refractivity contribution >= 4 is 17.3 Å². The molecule has 0 fully saturated rings. The van der Waals surface area contributed by atoms with E-state index in [0.717, 1.165) is 5.69 Å². The van der Waals surface area contributed by atoms with E-state index in [9.17, 15) is 4.79 Å². The Hall–Kier alpha value is -3.02. The Balaban J connectivity index is 2.23. The molecule has 1 aromatic carbocycles. The molecule has 0 saturated heterocycles. The lowest BCUT2D eigenvalue weighted by molar-refractivity contribution is 0.0957. The number of nitrogens with zero attached hydrogens (tertiary/aromatic N) is 1. The molecule has 1 aromatic heterocycles. The molecule has 23 heavy (non-hydrogen) atoms. The molecular weight excluding hydrogens is 294 g/mol.